The minimum atomic E-state index is -3.57. The van der Waals surface area contributed by atoms with Crippen molar-refractivity contribution in [2.45, 2.75) is 23.8 Å². The van der Waals surface area contributed by atoms with Gasteiger partial charge in [0.2, 0.25) is 20.0 Å². The highest BCUT2D eigenvalue weighted by molar-refractivity contribution is 7.89. The van der Waals surface area contributed by atoms with Gasteiger partial charge >= 0.3 is 0 Å². The lowest BCUT2D eigenvalue weighted by atomic mass is 10.1. The molecule has 0 bridgehead atoms. The number of nitrogens with zero attached hydrogens (tertiary/aromatic N) is 2. The molecule has 0 aromatic heterocycles. The third kappa shape index (κ3) is 3.72. The molecule has 0 N–H and O–H groups in total. The van der Waals surface area contributed by atoms with Crippen LogP contribution in [0.25, 0.3) is 10.8 Å². The molecule has 0 amide bonds. The highest BCUT2D eigenvalue weighted by atomic mass is 32.2. The summed E-state index contributed by atoms with van der Waals surface area (Å²) < 4.78 is 51.9. The predicted molar refractivity (Wildman–Crippen MR) is 98.3 cm³/mol. The molecule has 2 aromatic rings. The van der Waals surface area contributed by atoms with Gasteiger partial charge in [0.25, 0.3) is 0 Å². The zero-order valence-corrected chi connectivity index (χ0v) is 15.9. The van der Waals surface area contributed by atoms with Crippen molar-refractivity contribution in [2.24, 2.45) is 0 Å². The lowest BCUT2D eigenvalue weighted by Crippen LogP contribution is -2.46. The topological polar surface area (TPSA) is 74.8 Å². The maximum Gasteiger partial charge on any atom is 0.243 e. The van der Waals surface area contributed by atoms with Crippen LogP contribution >= 0.6 is 0 Å². The molecule has 2 aromatic carbocycles. The standard InChI is InChI=1S/C17H22N2O4S2/c1-18(24(2,20)21)16-9-11-19(12-10-16)25(22,23)17-8-7-14-5-3-4-6-15(14)13-17/h3-8,13,16H,9-12H2,1-2H3. The first-order valence-electron chi connectivity index (χ1n) is 8.11. The van der Waals surface area contributed by atoms with Crippen LogP contribution in [0.2, 0.25) is 0 Å². The van der Waals surface area contributed by atoms with Gasteiger partial charge in [-0.3, -0.25) is 0 Å². The van der Waals surface area contributed by atoms with Gasteiger partial charge < -0.3 is 0 Å². The molecule has 0 spiro atoms. The Labute approximate surface area is 149 Å². The Bertz CT molecular complexity index is 979. The fourth-order valence-corrected chi connectivity index (χ4v) is 5.45. The summed E-state index contributed by atoms with van der Waals surface area (Å²) in [4.78, 5) is 0.279. The summed E-state index contributed by atoms with van der Waals surface area (Å²) in [5.74, 6) is 0. The van der Waals surface area contributed by atoms with Crippen LogP contribution in [0.3, 0.4) is 0 Å². The fourth-order valence-electron chi connectivity index (χ4n) is 3.19. The predicted octanol–water partition coefficient (Wildman–Crippen LogP) is 1.88. The third-order valence-corrected chi connectivity index (χ3v) is 8.06. The smallest absolute Gasteiger partial charge is 0.213 e. The fraction of sp³-hybridized carbons (Fsp3) is 0.412. The van der Waals surface area contributed by atoms with Gasteiger partial charge in [-0.15, -0.1) is 0 Å². The molecule has 0 radical (unpaired) electrons. The number of sulfonamides is 2. The van der Waals surface area contributed by atoms with Crippen LogP contribution in [-0.2, 0) is 20.0 Å². The molecular formula is C17H22N2O4S2. The highest BCUT2D eigenvalue weighted by Gasteiger charge is 2.33. The second-order valence-corrected chi connectivity index (χ2v) is 10.4. The van der Waals surface area contributed by atoms with Crippen molar-refractivity contribution in [1.29, 1.82) is 0 Å². The normalized spacial score (nSPS) is 18.0. The van der Waals surface area contributed by atoms with Gasteiger partial charge in [0.15, 0.2) is 0 Å². The molecule has 1 saturated heterocycles. The van der Waals surface area contributed by atoms with E-state index in [4.69, 9.17) is 0 Å². The van der Waals surface area contributed by atoms with Crippen molar-refractivity contribution in [3.8, 4) is 0 Å². The van der Waals surface area contributed by atoms with Gasteiger partial charge in [-0.2, -0.15) is 4.31 Å². The van der Waals surface area contributed by atoms with Gasteiger partial charge in [0.05, 0.1) is 11.2 Å². The van der Waals surface area contributed by atoms with E-state index in [1.165, 1.54) is 14.9 Å². The molecule has 0 unspecified atom stereocenters. The van der Waals surface area contributed by atoms with E-state index in [0.29, 0.717) is 25.9 Å². The Kier molecular flexibility index (Phi) is 4.89. The van der Waals surface area contributed by atoms with E-state index in [9.17, 15) is 16.8 Å². The minimum absolute atomic E-state index is 0.155. The molecule has 3 rings (SSSR count). The van der Waals surface area contributed by atoms with Crippen LogP contribution < -0.4 is 0 Å². The van der Waals surface area contributed by atoms with Crippen LogP contribution in [0.1, 0.15) is 12.8 Å². The number of hydrogen-bond donors (Lipinski definition) is 0. The van der Waals surface area contributed by atoms with E-state index in [2.05, 4.69) is 0 Å². The Balaban J connectivity index is 1.79. The number of hydrogen-bond acceptors (Lipinski definition) is 4. The largest absolute Gasteiger partial charge is 0.243 e. The van der Waals surface area contributed by atoms with Crippen LogP contribution in [0, 0.1) is 0 Å². The summed E-state index contributed by atoms with van der Waals surface area (Å²) in [6.07, 6.45) is 2.16. The molecule has 25 heavy (non-hydrogen) atoms. The third-order valence-electron chi connectivity index (χ3n) is 4.82. The molecule has 6 nitrogen and oxygen atoms in total. The van der Waals surface area contributed by atoms with Crippen LogP contribution in [-0.4, -0.2) is 57.9 Å². The number of piperidine rings is 1. The molecule has 1 fully saturated rings. The molecule has 1 aliphatic rings. The quantitative estimate of drug-likeness (QED) is 0.809. The highest BCUT2D eigenvalue weighted by Crippen LogP contribution is 2.26. The Morgan fingerprint density at radius 3 is 2.16 bits per heavy atom. The van der Waals surface area contributed by atoms with E-state index in [1.54, 1.807) is 19.2 Å². The van der Waals surface area contributed by atoms with Crippen molar-refractivity contribution in [2.75, 3.05) is 26.4 Å². The summed E-state index contributed by atoms with van der Waals surface area (Å²) in [5, 5.41) is 1.88. The number of fused-ring (bicyclic) bond motifs is 1. The van der Waals surface area contributed by atoms with Crippen LogP contribution in [0.5, 0.6) is 0 Å². The summed E-state index contributed by atoms with van der Waals surface area (Å²) in [6.45, 7) is 0.638. The zero-order chi connectivity index (χ0) is 18.2. The molecule has 1 aliphatic heterocycles. The Morgan fingerprint density at radius 1 is 0.960 bits per heavy atom. The van der Waals surface area contributed by atoms with Gasteiger partial charge in [-0.05, 0) is 35.7 Å². The first-order valence-corrected chi connectivity index (χ1v) is 11.4. The lowest BCUT2D eigenvalue weighted by molar-refractivity contribution is 0.239. The van der Waals surface area contributed by atoms with Crippen molar-refractivity contribution >= 4 is 30.8 Å². The van der Waals surface area contributed by atoms with E-state index in [1.807, 2.05) is 30.3 Å². The van der Waals surface area contributed by atoms with Crippen molar-refractivity contribution in [3.05, 3.63) is 42.5 Å². The van der Waals surface area contributed by atoms with Gasteiger partial charge in [-0.1, -0.05) is 30.3 Å². The molecule has 136 valence electrons. The van der Waals surface area contributed by atoms with Crippen molar-refractivity contribution in [3.63, 3.8) is 0 Å². The maximum atomic E-state index is 12.9. The SMILES string of the molecule is CN(C1CCN(S(=O)(=O)c2ccc3ccccc3c2)CC1)S(C)(=O)=O. The molecule has 0 saturated carbocycles. The summed E-state index contributed by atoms with van der Waals surface area (Å²) >= 11 is 0. The molecular weight excluding hydrogens is 360 g/mol. The first kappa shape index (κ1) is 18.3. The van der Waals surface area contributed by atoms with Gasteiger partial charge in [0.1, 0.15) is 0 Å². The molecule has 0 atom stereocenters. The first-order chi connectivity index (χ1) is 11.7. The van der Waals surface area contributed by atoms with Crippen molar-refractivity contribution < 1.29 is 16.8 Å². The van der Waals surface area contributed by atoms with E-state index in [0.717, 1.165) is 10.8 Å². The Hall–Kier alpha value is -1.48. The van der Waals surface area contributed by atoms with E-state index < -0.39 is 20.0 Å². The van der Waals surface area contributed by atoms with Gasteiger partial charge in [0, 0.05) is 26.2 Å². The average molecular weight is 383 g/mol. The van der Waals surface area contributed by atoms with E-state index >= 15 is 0 Å². The van der Waals surface area contributed by atoms with Crippen molar-refractivity contribution in [1.82, 2.24) is 8.61 Å². The number of benzene rings is 2. The lowest BCUT2D eigenvalue weighted by Gasteiger charge is -2.35. The molecule has 0 aliphatic carbocycles. The average Bonchev–Trinajstić information content (AvgIpc) is 2.60. The second-order valence-electron chi connectivity index (χ2n) is 6.42. The monoisotopic (exact) mass is 382 g/mol. The maximum absolute atomic E-state index is 12.9. The summed E-state index contributed by atoms with van der Waals surface area (Å²) in [7, 11) is -5.29. The number of rotatable bonds is 4. The minimum Gasteiger partial charge on any atom is -0.213 e. The van der Waals surface area contributed by atoms with Crippen LogP contribution in [0.15, 0.2) is 47.4 Å². The summed E-state index contributed by atoms with van der Waals surface area (Å²) in [5.41, 5.74) is 0. The molecule has 8 heteroatoms. The van der Waals surface area contributed by atoms with Gasteiger partial charge in [-0.25, -0.2) is 21.1 Å². The molecule has 1 heterocycles. The van der Waals surface area contributed by atoms with E-state index in [-0.39, 0.29) is 10.9 Å². The van der Waals surface area contributed by atoms with Crippen LogP contribution in [0.4, 0.5) is 0 Å². The Morgan fingerprint density at radius 2 is 1.56 bits per heavy atom. The second kappa shape index (κ2) is 6.68. The zero-order valence-electron chi connectivity index (χ0n) is 14.3. The summed E-state index contributed by atoms with van der Waals surface area (Å²) in [6, 6.07) is 12.6.